The number of aliphatic hydroxyl groups is 1. The highest BCUT2D eigenvalue weighted by Gasteiger charge is 2.25. The summed E-state index contributed by atoms with van der Waals surface area (Å²) in [6.45, 7) is 10.1. The van der Waals surface area contributed by atoms with Crippen LogP contribution < -0.4 is 10.2 Å². The number of nitrogens with zero attached hydrogens (tertiary/aromatic N) is 3. The van der Waals surface area contributed by atoms with E-state index in [-0.39, 0.29) is 24.0 Å². The van der Waals surface area contributed by atoms with Crippen LogP contribution in [0.25, 0.3) is 0 Å². The summed E-state index contributed by atoms with van der Waals surface area (Å²) in [5, 5.41) is 12.8. The summed E-state index contributed by atoms with van der Waals surface area (Å²) in [6.07, 6.45) is 3.28. The summed E-state index contributed by atoms with van der Waals surface area (Å²) in [7, 11) is 1.70. The average molecular weight is 561 g/mol. The first-order valence-corrected chi connectivity index (χ1v) is 11.8. The van der Waals surface area contributed by atoms with Crippen LogP contribution in [0, 0.1) is 11.8 Å². The maximum atomic E-state index is 9.33. The molecule has 1 atom stereocenters. The van der Waals surface area contributed by atoms with Gasteiger partial charge >= 0.3 is 0 Å². The third-order valence-corrected chi connectivity index (χ3v) is 6.29. The Morgan fingerprint density at radius 1 is 1.09 bits per heavy atom. The largest absolute Gasteiger partial charge is 0.396 e. The smallest absolute Gasteiger partial charge is 0.194 e. The number of aliphatic hydroxyl groups excluding tert-OH is 1. The Labute approximate surface area is 210 Å². The molecule has 0 aromatic heterocycles. The molecule has 0 radical (unpaired) electrons. The summed E-state index contributed by atoms with van der Waals surface area (Å²) in [6, 6.07) is 8.80. The second kappa shape index (κ2) is 14.9. The summed E-state index contributed by atoms with van der Waals surface area (Å²) in [5.74, 6) is 2.02. The fourth-order valence-corrected chi connectivity index (χ4v) is 4.33. The van der Waals surface area contributed by atoms with E-state index in [1.54, 1.807) is 7.11 Å². The lowest BCUT2D eigenvalue weighted by Crippen LogP contribution is -2.40. The Bertz CT molecular complexity index is 666. The van der Waals surface area contributed by atoms with Crippen molar-refractivity contribution in [2.45, 2.75) is 32.7 Å². The van der Waals surface area contributed by atoms with E-state index >= 15 is 0 Å². The minimum Gasteiger partial charge on any atom is -0.396 e. The molecule has 0 saturated carbocycles. The van der Waals surface area contributed by atoms with Crippen LogP contribution in [0.3, 0.4) is 0 Å². The number of halogens is 1. The van der Waals surface area contributed by atoms with E-state index in [1.807, 2.05) is 0 Å². The molecule has 8 heteroatoms. The van der Waals surface area contributed by atoms with Gasteiger partial charge in [0.2, 0.25) is 0 Å². The first kappa shape index (κ1) is 27.1. The molecule has 2 aliphatic rings. The Kier molecular flexibility index (Phi) is 12.7. The molecule has 0 aliphatic carbocycles. The molecule has 1 aromatic rings. The van der Waals surface area contributed by atoms with Crippen molar-refractivity contribution in [1.29, 1.82) is 0 Å². The average Bonchev–Trinajstić information content (AvgIpc) is 3.29. The van der Waals surface area contributed by atoms with E-state index in [0.29, 0.717) is 38.2 Å². The van der Waals surface area contributed by atoms with Crippen molar-refractivity contribution < 1.29 is 14.6 Å². The van der Waals surface area contributed by atoms with Gasteiger partial charge in [0.25, 0.3) is 0 Å². The van der Waals surface area contributed by atoms with Crippen molar-refractivity contribution in [1.82, 2.24) is 10.2 Å². The monoisotopic (exact) mass is 560 g/mol. The fourth-order valence-electron chi connectivity index (χ4n) is 4.33. The van der Waals surface area contributed by atoms with E-state index < -0.39 is 0 Å². The van der Waals surface area contributed by atoms with Gasteiger partial charge in [0.05, 0.1) is 26.4 Å². The molecule has 182 valence electrons. The molecule has 7 nitrogen and oxygen atoms in total. The number of hydrogen-bond acceptors (Lipinski definition) is 5. The molecule has 1 unspecified atom stereocenters. The number of guanidine groups is 1. The molecule has 2 heterocycles. The Balaban J connectivity index is 0.00000363. The number of methoxy groups -OCH3 is 1. The van der Waals surface area contributed by atoms with Gasteiger partial charge in [-0.2, -0.15) is 0 Å². The topological polar surface area (TPSA) is 69.6 Å². The molecule has 2 aliphatic heterocycles. The standard InChI is InChI=1S/C24H40N4O3.HI/c1-3-25-24(28-13-10-22(17-28)19-31-15-14-30-2)26-16-20-4-6-23(7-5-20)27-11-8-21(18-29)9-12-27;/h4-7,21-22,29H,3,8-19H2,1-2H3,(H,25,26);1H. The first-order chi connectivity index (χ1) is 15.2. The van der Waals surface area contributed by atoms with E-state index in [1.165, 1.54) is 11.3 Å². The summed E-state index contributed by atoms with van der Waals surface area (Å²) in [5.41, 5.74) is 2.50. The van der Waals surface area contributed by atoms with Crippen molar-refractivity contribution in [3.63, 3.8) is 0 Å². The predicted molar refractivity (Wildman–Crippen MR) is 141 cm³/mol. The Hall–Kier alpha value is -1.10. The maximum Gasteiger partial charge on any atom is 0.194 e. The second-order valence-corrected chi connectivity index (χ2v) is 8.62. The van der Waals surface area contributed by atoms with Gasteiger partial charge in [0.15, 0.2) is 5.96 Å². The SMILES string of the molecule is CCNC(=NCc1ccc(N2CCC(CO)CC2)cc1)N1CCC(COCCOC)C1.I. The van der Waals surface area contributed by atoms with Crippen LogP contribution in [0.1, 0.15) is 31.7 Å². The minimum absolute atomic E-state index is 0. The van der Waals surface area contributed by atoms with Crippen molar-refractivity contribution in [3.05, 3.63) is 29.8 Å². The van der Waals surface area contributed by atoms with E-state index in [4.69, 9.17) is 14.5 Å². The van der Waals surface area contributed by atoms with Gasteiger partial charge in [-0.15, -0.1) is 24.0 Å². The van der Waals surface area contributed by atoms with Crippen molar-refractivity contribution in [2.24, 2.45) is 16.8 Å². The van der Waals surface area contributed by atoms with Crippen LogP contribution in [0.15, 0.2) is 29.3 Å². The van der Waals surface area contributed by atoms with Gasteiger partial charge in [0.1, 0.15) is 0 Å². The quantitative estimate of drug-likeness (QED) is 0.199. The number of ether oxygens (including phenoxy) is 2. The molecule has 3 rings (SSSR count). The van der Waals surface area contributed by atoms with Crippen molar-refractivity contribution >= 4 is 35.6 Å². The molecule has 2 fully saturated rings. The van der Waals surface area contributed by atoms with Crippen LogP contribution >= 0.6 is 24.0 Å². The van der Waals surface area contributed by atoms with Crippen LogP contribution in [0.4, 0.5) is 5.69 Å². The molecule has 0 bridgehead atoms. The van der Waals surface area contributed by atoms with Crippen LogP contribution in [0.2, 0.25) is 0 Å². The third kappa shape index (κ3) is 8.35. The van der Waals surface area contributed by atoms with Crippen LogP contribution in [-0.4, -0.2) is 82.2 Å². The summed E-state index contributed by atoms with van der Waals surface area (Å²) in [4.78, 5) is 9.68. The van der Waals surface area contributed by atoms with E-state index in [9.17, 15) is 5.11 Å². The number of likely N-dealkylation sites (tertiary alicyclic amines) is 1. The highest BCUT2D eigenvalue weighted by atomic mass is 127. The number of hydrogen-bond donors (Lipinski definition) is 2. The van der Waals surface area contributed by atoms with E-state index in [2.05, 4.69) is 46.3 Å². The number of rotatable bonds is 10. The van der Waals surface area contributed by atoms with Gasteiger partial charge in [-0.1, -0.05) is 12.1 Å². The van der Waals surface area contributed by atoms with Gasteiger partial charge in [-0.25, -0.2) is 4.99 Å². The Morgan fingerprint density at radius 3 is 2.47 bits per heavy atom. The van der Waals surface area contributed by atoms with E-state index in [0.717, 1.165) is 64.6 Å². The molecule has 2 N–H and O–H groups in total. The van der Waals surface area contributed by atoms with Gasteiger partial charge in [-0.3, -0.25) is 0 Å². The minimum atomic E-state index is 0. The fraction of sp³-hybridized carbons (Fsp3) is 0.708. The molecule has 2 saturated heterocycles. The second-order valence-electron chi connectivity index (χ2n) is 8.62. The third-order valence-electron chi connectivity index (χ3n) is 6.29. The first-order valence-electron chi connectivity index (χ1n) is 11.8. The lowest BCUT2D eigenvalue weighted by atomic mass is 9.97. The predicted octanol–water partition coefficient (Wildman–Crippen LogP) is 2.96. The maximum absolute atomic E-state index is 9.33. The number of anilines is 1. The zero-order valence-electron chi connectivity index (χ0n) is 19.7. The summed E-state index contributed by atoms with van der Waals surface area (Å²) < 4.78 is 10.8. The Morgan fingerprint density at radius 2 is 1.81 bits per heavy atom. The number of nitrogens with one attached hydrogen (secondary N) is 1. The molecular formula is C24H41IN4O3. The molecule has 1 aromatic carbocycles. The van der Waals surface area contributed by atoms with Crippen molar-refractivity contribution in [3.8, 4) is 0 Å². The lowest BCUT2D eigenvalue weighted by molar-refractivity contribution is 0.0536. The number of benzene rings is 1. The highest BCUT2D eigenvalue weighted by molar-refractivity contribution is 14.0. The van der Waals surface area contributed by atoms with Crippen LogP contribution in [-0.2, 0) is 16.0 Å². The van der Waals surface area contributed by atoms with Crippen molar-refractivity contribution in [2.75, 3.05) is 71.2 Å². The van der Waals surface area contributed by atoms with Gasteiger partial charge in [0, 0.05) is 58.0 Å². The molecule has 0 spiro atoms. The zero-order valence-corrected chi connectivity index (χ0v) is 22.0. The van der Waals surface area contributed by atoms with Gasteiger partial charge in [-0.05, 0) is 49.8 Å². The summed E-state index contributed by atoms with van der Waals surface area (Å²) >= 11 is 0. The molecule has 0 amide bonds. The molecular weight excluding hydrogens is 519 g/mol. The number of aliphatic imine (C=N–C) groups is 1. The number of piperidine rings is 1. The van der Waals surface area contributed by atoms with Gasteiger partial charge < -0.3 is 29.7 Å². The van der Waals surface area contributed by atoms with Crippen LogP contribution in [0.5, 0.6) is 0 Å². The zero-order chi connectivity index (χ0) is 21.9. The molecule has 32 heavy (non-hydrogen) atoms. The normalized spacial score (nSPS) is 19.8. The highest BCUT2D eigenvalue weighted by Crippen LogP contribution is 2.23. The lowest BCUT2D eigenvalue weighted by Gasteiger charge is -2.32.